The number of aliphatic hydroxyl groups excluding tert-OH is 1. The lowest BCUT2D eigenvalue weighted by molar-refractivity contribution is -0.385. The van der Waals surface area contributed by atoms with Crippen molar-refractivity contribution in [1.82, 2.24) is 9.88 Å². The summed E-state index contributed by atoms with van der Waals surface area (Å²) in [6.07, 6.45) is 0.853. The van der Waals surface area contributed by atoms with Gasteiger partial charge in [0.1, 0.15) is 16.9 Å². The largest absolute Gasteiger partial charge is 0.391 e. The summed E-state index contributed by atoms with van der Waals surface area (Å²) in [5.74, 6) is -0.512. The number of aromatic nitrogens is 1. The number of pyridine rings is 1. The minimum Gasteiger partial charge on any atom is -0.391 e. The standard InChI is InChI=1S/C10H10ClN3O4/c11-9-3-7(8(4-12-9)14(17)18)10(16)13-2-1-6(15)5-13/h3-4,6,15H,1-2,5H2. The Labute approximate surface area is 107 Å². The van der Waals surface area contributed by atoms with Gasteiger partial charge in [-0.05, 0) is 12.5 Å². The van der Waals surface area contributed by atoms with E-state index in [9.17, 15) is 20.0 Å². The van der Waals surface area contributed by atoms with E-state index in [0.717, 1.165) is 6.20 Å². The first-order chi connectivity index (χ1) is 8.49. The quantitative estimate of drug-likeness (QED) is 0.489. The van der Waals surface area contributed by atoms with E-state index in [2.05, 4.69) is 4.98 Å². The third-order valence-corrected chi connectivity index (χ3v) is 2.93. The van der Waals surface area contributed by atoms with Crippen LogP contribution in [-0.4, -0.2) is 45.0 Å². The molecule has 1 fully saturated rings. The normalized spacial score (nSPS) is 19.0. The Kier molecular flexibility index (Phi) is 3.44. The second-order valence-electron chi connectivity index (χ2n) is 3.97. The molecule has 0 radical (unpaired) electrons. The zero-order chi connectivity index (χ0) is 13.3. The number of amides is 1. The van der Waals surface area contributed by atoms with Crippen LogP contribution in [0.1, 0.15) is 16.8 Å². The molecule has 96 valence electrons. The number of nitrogens with zero attached hydrogens (tertiary/aromatic N) is 3. The maximum absolute atomic E-state index is 12.1. The summed E-state index contributed by atoms with van der Waals surface area (Å²) >= 11 is 5.65. The van der Waals surface area contributed by atoms with Gasteiger partial charge in [0.2, 0.25) is 0 Å². The number of rotatable bonds is 2. The Bertz CT molecular complexity index is 508. The van der Waals surface area contributed by atoms with Crippen molar-refractivity contribution in [3.8, 4) is 0 Å². The van der Waals surface area contributed by atoms with Crippen molar-refractivity contribution >= 4 is 23.2 Å². The zero-order valence-corrected chi connectivity index (χ0v) is 10.0. The van der Waals surface area contributed by atoms with Crippen LogP contribution in [0.15, 0.2) is 12.3 Å². The molecule has 0 saturated carbocycles. The molecule has 0 aromatic carbocycles. The SMILES string of the molecule is O=C(c1cc(Cl)ncc1[N+](=O)[O-])N1CCC(O)C1. The molecule has 2 rings (SSSR count). The van der Waals surface area contributed by atoms with E-state index in [4.69, 9.17) is 11.6 Å². The second kappa shape index (κ2) is 4.87. The van der Waals surface area contributed by atoms with E-state index in [1.807, 2.05) is 0 Å². The monoisotopic (exact) mass is 271 g/mol. The lowest BCUT2D eigenvalue weighted by atomic mass is 10.2. The van der Waals surface area contributed by atoms with Gasteiger partial charge in [0.25, 0.3) is 11.6 Å². The first-order valence-electron chi connectivity index (χ1n) is 5.26. The molecular formula is C10H10ClN3O4. The van der Waals surface area contributed by atoms with Crippen molar-refractivity contribution in [1.29, 1.82) is 0 Å². The number of likely N-dealkylation sites (tertiary alicyclic amines) is 1. The van der Waals surface area contributed by atoms with Gasteiger partial charge in [-0.25, -0.2) is 4.98 Å². The fraction of sp³-hybridized carbons (Fsp3) is 0.400. The van der Waals surface area contributed by atoms with Crippen LogP contribution in [0.25, 0.3) is 0 Å². The number of carbonyl (C=O) groups is 1. The van der Waals surface area contributed by atoms with Gasteiger partial charge in [-0.2, -0.15) is 0 Å². The lowest BCUT2D eigenvalue weighted by Crippen LogP contribution is -2.30. The minimum atomic E-state index is -0.678. The van der Waals surface area contributed by atoms with Gasteiger partial charge in [0.05, 0.1) is 11.0 Å². The average Bonchev–Trinajstić information content (AvgIpc) is 2.74. The topological polar surface area (TPSA) is 96.6 Å². The predicted octanol–water partition coefficient (Wildman–Crippen LogP) is 0.850. The minimum absolute atomic E-state index is 0.0173. The Hall–Kier alpha value is -1.73. The molecule has 18 heavy (non-hydrogen) atoms. The van der Waals surface area contributed by atoms with Gasteiger partial charge in [-0.15, -0.1) is 0 Å². The molecule has 8 heteroatoms. The summed E-state index contributed by atoms with van der Waals surface area (Å²) in [5.41, 5.74) is -0.486. The molecule has 1 saturated heterocycles. The average molecular weight is 272 g/mol. The number of hydrogen-bond acceptors (Lipinski definition) is 5. The van der Waals surface area contributed by atoms with Crippen LogP contribution in [-0.2, 0) is 0 Å². The van der Waals surface area contributed by atoms with Crippen molar-refractivity contribution in [3.63, 3.8) is 0 Å². The maximum Gasteiger partial charge on any atom is 0.300 e. The Morgan fingerprint density at radius 2 is 2.39 bits per heavy atom. The predicted molar refractivity (Wildman–Crippen MR) is 62.4 cm³/mol. The molecular weight excluding hydrogens is 262 g/mol. The molecule has 1 unspecified atom stereocenters. The fourth-order valence-electron chi connectivity index (χ4n) is 1.84. The lowest BCUT2D eigenvalue weighted by Gasteiger charge is -2.15. The summed E-state index contributed by atoms with van der Waals surface area (Å²) < 4.78 is 0. The van der Waals surface area contributed by atoms with E-state index in [1.54, 1.807) is 0 Å². The van der Waals surface area contributed by atoms with Crippen molar-refractivity contribution in [2.75, 3.05) is 13.1 Å². The molecule has 1 aliphatic rings. The summed E-state index contributed by atoms with van der Waals surface area (Å²) in [6.45, 7) is 0.549. The summed E-state index contributed by atoms with van der Waals surface area (Å²) in [7, 11) is 0. The molecule has 7 nitrogen and oxygen atoms in total. The van der Waals surface area contributed by atoms with Crippen LogP contribution >= 0.6 is 11.6 Å². The highest BCUT2D eigenvalue weighted by Crippen LogP contribution is 2.23. The van der Waals surface area contributed by atoms with Crippen LogP contribution in [0.2, 0.25) is 5.15 Å². The van der Waals surface area contributed by atoms with E-state index in [-0.39, 0.29) is 22.9 Å². The van der Waals surface area contributed by atoms with Crippen LogP contribution < -0.4 is 0 Å². The van der Waals surface area contributed by atoms with E-state index >= 15 is 0 Å². The third kappa shape index (κ3) is 2.41. The fourth-order valence-corrected chi connectivity index (χ4v) is 1.99. The molecule has 1 N–H and O–H groups in total. The highest BCUT2D eigenvalue weighted by atomic mass is 35.5. The molecule has 1 atom stereocenters. The second-order valence-corrected chi connectivity index (χ2v) is 4.36. The molecule has 0 spiro atoms. The van der Waals surface area contributed by atoms with E-state index in [0.29, 0.717) is 13.0 Å². The number of nitro groups is 1. The number of carbonyl (C=O) groups excluding carboxylic acids is 1. The van der Waals surface area contributed by atoms with E-state index in [1.165, 1.54) is 11.0 Å². The van der Waals surface area contributed by atoms with Gasteiger partial charge in [-0.1, -0.05) is 11.6 Å². The molecule has 2 heterocycles. The number of halogens is 1. The van der Waals surface area contributed by atoms with Crippen LogP contribution in [0.4, 0.5) is 5.69 Å². The van der Waals surface area contributed by atoms with Crippen LogP contribution in [0.5, 0.6) is 0 Å². The van der Waals surface area contributed by atoms with E-state index < -0.39 is 16.9 Å². The number of β-amino-alcohol motifs (C(OH)–C–C–N with tert-alkyl or cyclic N) is 1. The molecule has 1 amide bonds. The van der Waals surface area contributed by atoms with Gasteiger partial charge in [0, 0.05) is 13.1 Å². The zero-order valence-electron chi connectivity index (χ0n) is 9.24. The Morgan fingerprint density at radius 3 is 2.94 bits per heavy atom. The van der Waals surface area contributed by atoms with Crippen molar-refractivity contribution in [2.24, 2.45) is 0 Å². The highest BCUT2D eigenvalue weighted by Gasteiger charge is 2.30. The molecule has 1 aromatic rings. The van der Waals surface area contributed by atoms with Crippen molar-refractivity contribution in [2.45, 2.75) is 12.5 Å². The first-order valence-corrected chi connectivity index (χ1v) is 5.64. The summed E-state index contributed by atoms with van der Waals surface area (Å²) in [6, 6.07) is 1.17. The molecule has 1 aliphatic heterocycles. The van der Waals surface area contributed by atoms with Gasteiger partial charge < -0.3 is 10.0 Å². The first kappa shape index (κ1) is 12.7. The van der Waals surface area contributed by atoms with Crippen molar-refractivity contribution < 1.29 is 14.8 Å². The Balaban J connectivity index is 2.34. The Morgan fingerprint density at radius 1 is 1.67 bits per heavy atom. The van der Waals surface area contributed by atoms with Crippen LogP contribution in [0, 0.1) is 10.1 Å². The number of aliphatic hydroxyl groups is 1. The highest BCUT2D eigenvalue weighted by molar-refractivity contribution is 6.29. The van der Waals surface area contributed by atoms with Crippen LogP contribution in [0.3, 0.4) is 0 Å². The third-order valence-electron chi connectivity index (χ3n) is 2.73. The number of hydrogen-bond donors (Lipinski definition) is 1. The summed E-state index contributed by atoms with van der Waals surface area (Å²) in [5, 5.41) is 20.2. The summed E-state index contributed by atoms with van der Waals surface area (Å²) in [4.78, 5) is 27.2. The molecule has 1 aromatic heterocycles. The van der Waals surface area contributed by atoms with Gasteiger partial charge in [-0.3, -0.25) is 14.9 Å². The maximum atomic E-state index is 12.1. The molecule has 0 aliphatic carbocycles. The van der Waals surface area contributed by atoms with Gasteiger partial charge in [0.15, 0.2) is 0 Å². The molecule has 0 bridgehead atoms. The van der Waals surface area contributed by atoms with Crippen molar-refractivity contribution in [3.05, 3.63) is 33.1 Å². The van der Waals surface area contributed by atoms with Gasteiger partial charge >= 0.3 is 0 Å². The smallest absolute Gasteiger partial charge is 0.300 e.